The Morgan fingerprint density at radius 3 is 2.62 bits per heavy atom. The van der Waals surface area contributed by atoms with Gasteiger partial charge in [0.15, 0.2) is 0 Å². The van der Waals surface area contributed by atoms with Crippen LogP contribution >= 0.6 is 11.3 Å². The predicted molar refractivity (Wildman–Crippen MR) is 129 cm³/mol. The van der Waals surface area contributed by atoms with Gasteiger partial charge in [-0.05, 0) is 48.6 Å². The van der Waals surface area contributed by atoms with Gasteiger partial charge in [-0.1, -0.05) is 30.3 Å². The third-order valence-corrected chi connectivity index (χ3v) is 7.23. The van der Waals surface area contributed by atoms with Crippen LogP contribution in [0.2, 0.25) is 0 Å². The van der Waals surface area contributed by atoms with Gasteiger partial charge in [-0.25, -0.2) is 4.98 Å². The Hall–Kier alpha value is -3.51. The van der Waals surface area contributed by atoms with Gasteiger partial charge in [-0.2, -0.15) is 0 Å². The summed E-state index contributed by atoms with van der Waals surface area (Å²) in [6, 6.07) is 20.3. The van der Waals surface area contributed by atoms with E-state index in [0.29, 0.717) is 11.6 Å². The van der Waals surface area contributed by atoms with Crippen LogP contribution in [0.4, 0.5) is 0 Å². The lowest BCUT2D eigenvalue weighted by Crippen LogP contribution is -2.38. The number of thiophene rings is 1. The van der Waals surface area contributed by atoms with Crippen molar-refractivity contribution >= 4 is 39.0 Å². The smallest absolute Gasteiger partial charge is 0.272 e. The van der Waals surface area contributed by atoms with E-state index in [1.807, 2.05) is 52.9 Å². The Kier molecular flexibility index (Phi) is 4.72. The lowest BCUT2D eigenvalue weighted by Gasteiger charge is -2.31. The third kappa shape index (κ3) is 3.28. The minimum absolute atomic E-state index is 0.00876. The third-order valence-electron chi connectivity index (χ3n) is 6.36. The Morgan fingerprint density at radius 1 is 1.00 bits per heavy atom. The minimum Gasteiger partial charge on any atom is -0.353 e. The molecule has 1 N–H and O–H groups in total. The molecule has 0 atom stereocenters. The highest BCUT2D eigenvalue weighted by molar-refractivity contribution is 7.13. The number of piperidine rings is 1. The molecule has 0 aliphatic carbocycles. The van der Waals surface area contributed by atoms with Crippen molar-refractivity contribution in [2.24, 2.45) is 0 Å². The number of nitrogens with one attached hydrogen (secondary N) is 1. The quantitative estimate of drug-likeness (QED) is 0.384. The van der Waals surface area contributed by atoms with Crippen molar-refractivity contribution in [3.05, 3.63) is 83.6 Å². The monoisotopic (exact) mass is 438 g/mol. The molecule has 6 heteroatoms. The summed E-state index contributed by atoms with van der Waals surface area (Å²) in [7, 11) is 0. The zero-order valence-corrected chi connectivity index (χ0v) is 18.3. The van der Waals surface area contributed by atoms with Crippen LogP contribution in [0, 0.1) is 0 Å². The number of rotatable bonds is 3. The van der Waals surface area contributed by atoms with Gasteiger partial charge in [0.05, 0.1) is 10.4 Å². The van der Waals surface area contributed by atoms with Crippen molar-refractivity contribution in [2.75, 3.05) is 13.1 Å². The van der Waals surface area contributed by atoms with E-state index < -0.39 is 0 Å². The molecule has 0 saturated carbocycles. The number of aromatic nitrogens is 3. The maximum Gasteiger partial charge on any atom is 0.272 e. The number of pyridine rings is 2. The SMILES string of the molecule is O=C(c1cc2c([nH]c3ccccc32)c(-c2cccs2)n1)N1CCC(c2ccccn2)CC1. The molecule has 1 amide bonds. The number of aromatic amines is 1. The maximum atomic E-state index is 13.5. The van der Waals surface area contributed by atoms with Crippen molar-refractivity contribution in [1.82, 2.24) is 19.9 Å². The van der Waals surface area contributed by atoms with Crippen molar-refractivity contribution in [3.63, 3.8) is 0 Å². The second-order valence-electron chi connectivity index (χ2n) is 8.25. The van der Waals surface area contributed by atoms with Crippen LogP contribution in [0.5, 0.6) is 0 Å². The van der Waals surface area contributed by atoms with Crippen molar-refractivity contribution in [2.45, 2.75) is 18.8 Å². The van der Waals surface area contributed by atoms with E-state index in [1.165, 1.54) is 0 Å². The van der Waals surface area contributed by atoms with Crippen LogP contribution in [0.1, 0.15) is 34.9 Å². The highest BCUT2D eigenvalue weighted by Gasteiger charge is 2.27. The number of nitrogens with zero attached hydrogens (tertiary/aromatic N) is 3. The van der Waals surface area contributed by atoms with Gasteiger partial charge in [0.1, 0.15) is 11.4 Å². The zero-order valence-electron chi connectivity index (χ0n) is 17.5. The molecule has 5 nitrogen and oxygen atoms in total. The van der Waals surface area contributed by atoms with Gasteiger partial charge in [0, 0.05) is 47.2 Å². The van der Waals surface area contributed by atoms with Crippen LogP contribution in [0.25, 0.3) is 32.4 Å². The van der Waals surface area contributed by atoms with Crippen molar-refractivity contribution in [3.8, 4) is 10.6 Å². The summed E-state index contributed by atoms with van der Waals surface area (Å²) in [5.41, 5.74) is 4.53. The largest absolute Gasteiger partial charge is 0.353 e. The second-order valence-corrected chi connectivity index (χ2v) is 9.20. The van der Waals surface area contributed by atoms with Gasteiger partial charge in [-0.3, -0.25) is 9.78 Å². The van der Waals surface area contributed by atoms with Crippen molar-refractivity contribution < 1.29 is 4.79 Å². The van der Waals surface area contributed by atoms with Gasteiger partial charge in [-0.15, -0.1) is 11.3 Å². The molecule has 4 aromatic heterocycles. The molecule has 1 aliphatic heterocycles. The maximum absolute atomic E-state index is 13.5. The number of para-hydroxylation sites is 1. The Labute approximate surface area is 189 Å². The summed E-state index contributed by atoms with van der Waals surface area (Å²) < 4.78 is 0. The minimum atomic E-state index is 0.00876. The normalized spacial score (nSPS) is 14.9. The van der Waals surface area contributed by atoms with Gasteiger partial charge in [0.25, 0.3) is 5.91 Å². The first-order chi connectivity index (χ1) is 15.8. The fraction of sp³-hybridized carbons (Fsp3) is 0.192. The Morgan fingerprint density at radius 2 is 1.84 bits per heavy atom. The summed E-state index contributed by atoms with van der Waals surface area (Å²) >= 11 is 1.64. The average Bonchev–Trinajstić information content (AvgIpc) is 3.52. The van der Waals surface area contributed by atoms with Crippen LogP contribution in [-0.4, -0.2) is 38.8 Å². The number of hydrogen-bond donors (Lipinski definition) is 1. The molecule has 0 unspecified atom stereocenters. The molecule has 1 saturated heterocycles. The molecule has 1 aliphatic rings. The van der Waals surface area contributed by atoms with E-state index in [-0.39, 0.29) is 5.91 Å². The number of fused-ring (bicyclic) bond motifs is 3. The van der Waals surface area contributed by atoms with Crippen LogP contribution in [0.15, 0.2) is 72.2 Å². The predicted octanol–water partition coefficient (Wildman–Crippen LogP) is 5.86. The van der Waals surface area contributed by atoms with E-state index in [0.717, 1.165) is 64.0 Å². The summed E-state index contributed by atoms with van der Waals surface area (Å²) in [6.07, 6.45) is 3.70. The number of carbonyl (C=O) groups is 1. The van der Waals surface area contributed by atoms with Crippen LogP contribution in [0.3, 0.4) is 0 Å². The average molecular weight is 439 g/mol. The Balaban J connectivity index is 1.36. The first-order valence-electron chi connectivity index (χ1n) is 10.9. The molecule has 1 aromatic carbocycles. The standard InChI is InChI=1S/C26H22N4OS/c31-26(30-13-10-17(11-14-30)20-7-3-4-12-27-20)22-16-19-18-6-1-2-8-21(18)28-24(19)25(29-22)23-9-5-15-32-23/h1-9,12,15-17,28H,10-11,13-14H2. The van der Waals surface area contributed by atoms with E-state index >= 15 is 0 Å². The zero-order chi connectivity index (χ0) is 21.5. The van der Waals surface area contributed by atoms with E-state index in [1.54, 1.807) is 11.3 Å². The molecule has 6 rings (SSSR count). The highest BCUT2D eigenvalue weighted by atomic mass is 32.1. The van der Waals surface area contributed by atoms with Crippen LogP contribution in [-0.2, 0) is 0 Å². The first-order valence-corrected chi connectivity index (χ1v) is 11.8. The summed E-state index contributed by atoms with van der Waals surface area (Å²) in [6.45, 7) is 1.45. The Bertz CT molecular complexity index is 1400. The molecule has 0 bridgehead atoms. The number of amides is 1. The summed E-state index contributed by atoms with van der Waals surface area (Å²) in [5.74, 6) is 0.417. The summed E-state index contributed by atoms with van der Waals surface area (Å²) in [5, 5.41) is 4.21. The molecular formula is C26H22N4OS. The van der Waals surface area contributed by atoms with E-state index in [4.69, 9.17) is 4.98 Å². The topological polar surface area (TPSA) is 61.9 Å². The molecule has 0 radical (unpaired) electrons. The molecule has 1 fully saturated rings. The molecule has 0 spiro atoms. The van der Waals surface area contributed by atoms with Crippen LogP contribution < -0.4 is 0 Å². The van der Waals surface area contributed by atoms with E-state index in [2.05, 4.69) is 34.2 Å². The summed E-state index contributed by atoms with van der Waals surface area (Å²) in [4.78, 5) is 29.4. The van der Waals surface area contributed by atoms with Gasteiger partial charge >= 0.3 is 0 Å². The fourth-order valence-electron chi connectivity index (χ4n) is 4.70. The van der Waals surface area contributed by atoms with E-state index in [9.17, 15) is 4.79 Å². The fourth-order valence-corrected chi connectivity index (χ4v) is 5.42. The number of carbonyl (C=O) groups excluding carboxylic acids is 1. The molecule has 5 aromatic rings. The molecule has 32 heavy (non-hydrogen) atoms. The molecule has 5 heterocycles. The highest BCUT2D eigenvalue weighted by Crippen LogP contribution is 2.35. The van der Waals surface area contributed by atoms with Gasteiger partial charge < -0.3 is 9.88 Å². The van der Waals surface area contributed by atoms with Gasteiger partial charge in [0.2, 0.25) is 0 Å². The number of H-pyrrole nitrogens is 1. The number of likely N-dealkylation sites (tertiary alicyclic amines) is 1. The van der Waals surface area contributed by atoms with Crippen molar-refractivity contribution in [1.29, 1.82) is 0 Å². The molecular weight excluding hydrogens is 416 g/mol. The molecule has 158 valence electrons. The number of benzene rings is 1. The lowest BCUT2D eigenvalue weighted by atomic mass is 9.93. The first kappa shape index (κ1) is 19.2. The lowest BCUT2D eigenvalue weighted by molar-refractivity contribution is 0.0706. The number of hydrogen-bond acceptors (Lipinski definition) is 4. The second kappa shape index (κ2) is 7.88.